The van der Waals surface area contributed by atoms with Crippen LogP contribution in [0.2, 0.25) is 5.02 Å². The van der Waals surface area contributed by atoms with E-state index >= 15 is 0 Å². The van der Waals surface area contributed by atoms with Crippen LogP contribution in [0, 0.1) is 27.7 Å². The van der Waals surface area contributed by atoms with Crippen LogP contribution in [0.5, 0.6) is 5.75 Å². The lowest BCUT2D eigenvalue weighted by molar-refractivity contribution is -0.113. The van der Waals surface area contributed by atoms with Gasteiger partial charge in [-0.25, -0.2) is 0 Å². The maximum Gasteiger partial charge on any atom is 0.234 e. The van der Waals surface area contributed by atoms with Gasteiger partial charge >= 0.3 is 0 Å². The molecule has 0 atom stereocenters. The first-order chi connectivity index (χ1) is 14.8. The molecule has 0 saturated carbocycles. The molecule has 0 saturated heterocycles. The fourth-order valence-electron chi connectivity index (χ4n) is 3.13. The van der Waals surface area contributed by atoms with Crippen LogP contribution in [-0.2, 0) is 17.9 Å². The van der Waals surface area contributed by atoms with Crippen LogP contribution in [0.3, 0.4) is 0 Å². The summed E-state index contributed by atoms with van der Waals surface area (Å²) in [6.07, 6.45) is 0. The van der Waals surface area contributed by atoms with Crippen LogP contribution in [-0.4, -0.2) is 26.4 Å². The van der Waals surface area contributed by atoms with Crippen LogP contribution in [0.25, 0.3) is 0 Å². The van der Waals surface area contributed by atoms with Crippen molar-refractivity contribution in [1.29, 1.82) is 0 Å². The van der Waals surface area contributed by atoms with Crippen molar-refractivity contribution in [2.75, 3.05) is 11.1 Å². The van der Waals surface area contributed by atoms with E-state index in [1.807, 2.05) is 69.5 Å². The van der Waals surface area contributed by atoms with Gasteiger partial charge in [0.25, 0.3) is 0 Å². The number of nitrogens with zero attached hydrogens (tertiary/aromatic N) is 3. The number of aromatic nitrogens is 3. The molecule has 0 spiro atoms. The molecule has 8 heteroatoms. The van der Waals surface area contributed by atoms with Gasteiger partial charge in [-0.2, -0.15) is 0 Å². The van der Waals surface area contributed by atoms with Crippen molar-refractivity contribution in [3.8, 4) is 5.75 Å². The molecule has 0 radical (unpaired) electrons. The predicted octanol–water partition coefficient (Wildman–Crippen LogP) is 5.49. The summed E-state index contributed by atoms with van der Waals surface area (Å²) in [6.45, 7) is 11.0. The Bertz CT molecular complexity index is 1070. The first kappa shape index (κ1) is 23.2. The van der Waals surface area contributed by atoms with Crippen molar-refractivity contribution in [2.24, 2.45) is 0 Å². The second-order valence-electron chi connectivity index (χ2n) is 7.44. The highest BCUT2D eigenvalue weighted by Gasteiger charge is 2.14. The van der Waals surface area contributed by atoms with E-state index in [0.717, 1.165) is 33.1 Å². The smallest absolute Gasteiger partial charge is 0.234 e. The Morgan fingerprint density at radius 2 is 1.77 bits per heavy atom. The summed E-state index contributed by atoms with van der Waals surface area (Å²) in [6, 6.07) is 9.71. The minimum absolute atomic E-state index is 0.0798. The molecule has 2 aromatic carbocycles. The molecule has 31 heavy (non-hydrogen) atoms. The average molecular weight is 459 g/mol. The van der Waals surface area contributed by atoms with Crippen molar-refractivity contribution in [3.63, 3.8) is 0 Å². The van der Waals surface area contributed by atoms with E-state index in [-0.39, 0.29) is 18.3 Å². The van der Waals surface area contributed by atoms with Crippen LogP contribution in [0.4, 0.5) is 5.69 Å². The molecule has 0 aliphatic rings. The van der Waals surface area contributed by atoms with Crippen LogP contribution < -0.4 is 10.1 Å². The zero-order valence-corrected chi connectivity index (χ0v) is 20.0. The number of benzene rings is 2. The average Bonchev–Trinajstić information content (AvgIpc) is 3.13. The summed E-state index contributed by atoms with van der Waals surface area (Å²) in [5.41, 5.74) is 5.08. The van der Waals surface area contributed by atoms with Gasteiger partial charge in [0, 0.05) is 17.3 Å². The second kappa shape index (κ2) is 10.2. The Morgan fingerprint density at radius 3 is 2.42 bits per heavy atom. The molecule has 0 fully saturated rings. The van der Waals surface area contributed by atoms with Gasteiger partial charge in [0.1, 0.15) is 12.4 Å². The fourth-order valence-corrected chi connectivity index (χ4v) is 4.06. The first-order valence-electron chi connectivity index (χ1n) is 10.1. The zero-order chi connectivity index (χ0) is 22.5. The van der Waals surface area contributed by atoms with E-state index in [1.54, 1.807) is 0 Å². The maximum absolute atomic E-state index is 12.4. The number of hydrogen-bond acceptors (Lipinski definition) is 5. The lowest BCUT2D eigenvalue weighted by Gasteiger charge is -2.11. The van der Waals surface area contributed by atoms with E-state index in [1.165, 1.54) is 17.3 Å². The number of nitrogens with one attached hydrogen (secondary N) is 1. The molecule has 3 rings (SSSR count). The number of amides is 1. The lowest BCUT2D eigenvalue weighted by Crippen LogP contribution is -2.15. The molecule has 1 heterocycles. The minimum Gasteiger partial charge on any atom is -0.486 e. The summed E-state index contributed by atoms with van der Waals surface area (Å²) in [5.74, 6) is 1.63. The van der Waals surface area contributed by atoms with Gasteiger partial charge in [-0.3, -0.25) is 4.79 Å². The van der Waals surface area contributed by atoms with Crippen molar-refractivity contribution in [3.05, 3.63) is 63.4 Å². The summed E-state index contributed by atoms with van der Waals surface area (Å²) in [4.78, 5) is 12.4. The number of rotatable bonds is 8. The largest absolute Gasteiger partial charge is 0.486 e. The van der Waals surface area contributed by atoms with Gasteiger partial charge in [-0.1, -0.05) is 29.4 Å². The quantitative estimate of drug-likeness (QED) is 0.451. The first-order valence-corrected chi connectivity index (χ1v) is 11.5. The number of anilines is 1. The Balaban J connectivity index is 1.60. The number of carbonyl (C=O) groups excluding carboxylic acids is 1. The monoisotopic (exact) mass is 458 g/mol. The fraction of sp³-hybridized carbons (Fsp3) is 0.348. The van der Waals surface area contributed by atoms with E-state index < -0.39 is 0 Å². The highest BCUT2D eigenvalue weighted by molar-refractivity contribution is 7.99. The van der Waals surface area contributed by atoms with E-state index in [4.69, 9.17) is 16.3 Å². The molecule has 1 amide bonds. The highest BCUT2D eigenvalue weighted by Crippen LogP contribution is 2.26. The van der Waals surface area contributed by atoms with Crippen LogP contribution in [0.1, 0.15) is 35.0 Å². The number of aryl methyl sites for hydroxylation is 4. The summed E-state index contributed by atoms with van der Waals surface area (Å²) in [7, 11) is 0. The van der Waals surface area contributed by atoms with Crippen LogP contribution >= 0.6 is 23.4 Å². The summed E-state index contributed by atoms with van der Waals surface area (Å²) < 4.78 is 7.88. The zero-order valence-electron chi connectivity index (χ0n) is 18.5. The minimum atomic E-state index is -0.0798. The normalized spacial score (nSPS) is 10.9. The Labute approximate surface area is 192 Å². The predicted molar refractivity (Wildman–Crippen MR) is 126 cm³/mol. The number of ether oxygens (including phenoxy) is 1. The van der Waals surface area contributed by atoms with Gasteiger partial charge < -0.3 is 14.6 Å². The third-order valence-corrected chi connectivity index (χ3v) is 6.57. The number of carbonyl (C=O) groups is 1. The molecule has 1 aromatic heterocycles. The van der Waals surface area contributed by atoms with E-state index in [0.29, 0.717) is 17.5 Å². The molecule has 1 N–H and O–H groups in total. The third kappa shape index (κ3) is 5.80. The van der Waals surface area contributed by atoms with E-state index in [2.05, 4.69) is 15.5 Å². The summed E-state index contributed by atoms with van der Waals surface area (Å²) in [5, 5.41) is 12.9. The molecule has 6 nitrogen and oxygen atoms in total. The van der Waals surface area contributed by atoms with Crippen molar-refractivity contribution >= 4 is 35.0 Å². The Kier molecular flexibility index (Phi) is 7.62. The number of halogens is 1. The maximum atomic E-state index is 12.4. The molecule has 0 aliphatic carbocycles. The molecular formula is C23H27ClN4O2S. The Hall–Kier alpha value is -2.51. The third-order valence-electron chi connectivity index (χ3n) is 5.01. The molecule has 0 bridgehead atoms. The molecule has 3 aromatic rings. The van der Waals surface area contributed by atoms with Gasteiger partial charge in [-0.05, 0) is 81.1 Å². The molecule has 0 aliphatic heterocycles. The topological polar surface area (TPSA) is 69.0 Å². The number of thioether (sulfide) groups is 1. The Morgan fingerprint density at radius 1 is 1.06 bits per heavy atom. The summed E-state index contributed by atoms with van der Waals surface area (Å²) >= 11 is 7.59. The van der Waals surface area contributed by atoms with Gasteiger partial charge in [0.2, 0.25) is 5.91 Å². The molecule has 164 valence electrons. The van der Waals surface area contributed by atoms with Gasteiger partial charge in [-0.15, -0.1) is 10.2 Å². The molecular weight excluding hydrogens is 432 g/mol. The van der Waals surface area contributed by atoms with Crippen molar-refractivity contribution in [1.82, 2.24) is 14.8 Å². The SMILES string of the molecule is CCn1c(COc2cc(C)c(Cl)c(C)c2)nnc1SCC(=O)Nc1ccc(C)c(C)c1. The van der Waals surface area contributed by atoms with Gasteiger partial charge in [0.15, 0.2) is 11.0 Å². The van der Waals surface area contributed by atoms with Gasteiger partial charge in [0.05, 0.1) is 5.75 Å². The van der Waals surface area contributed by atoms with Crippen molar-refractivity contribution < 1.29 is 9.53 Å². The van der Waals surface area contributed by atoms with E-state index in [9.17, 15) is 4.79 Å². The second-order valence-corrected chi connectivity index (χ2v) is 8.76. The number of hydrogen-bond donors (Lipinski definition) is 1. The van der Waals surface area contributed by atoms with Crippen LogP contribution in [0.15, 0.2) is 35.5 Å². The van der Waals surface area contributed by atoms with Crippen molar-refractivity contribution in [2.45, 2.75) is 52.9 Å². The highest BCUT2D eigenvalue weighted by atomic mass is 35.5. The lowest BCUT2D eigenvalue weighted by atomic mass is 10.1. The molecule has 0 unspecified atom stereocenters. The standard InChI is InChI=1S/C23H27ClN4O2S/c1-6-28-20(12-30-19-10-16(4)22(24)17(5)11-19)26-27-23(28)31-13-21(29)25-18-8-7-14(2)15(3)9-18/h7-11H,6,12-13H2,1-5H3,(H,25,29).